The third kappa shape index (κ3) is 3.36. The zero-order chi connectivity index (χ0) is 17.1. The second-order valence-corrected chi connectivity index (χ2v) is 6.30. The summed E-state index contributed by atoms with van der Waals surface area (Å²) in [6, 6.07) is 0.0223. The van der Waals surface area contributed by atoms with Crippen LogP contribution in [0.5, 0.6) is 0 Å². The van der Waals surface area contributed by atoms with E-state index in [1.54, 1.807) is 0 Å². The smallest absolute Gasteiger partial charge is 0.317 e. The van der Waals surface area contributed by atoms with Crippen molar-refractivity contribution in [1.82, 2.24) is 15.1 Å². The number of nitrogens with zero attached hydrogens (tertiary/aromatic N) is 3. The summed E-state index contributed by atoms with van der Waals surface area (Å²) in [6.45, 7) is 7.15. The van der Waals surface area contributed by atoms with E-state index in [1.165, 1.54) is 16.7 Å². The van der Waals surface area contributed by atoms with Crippen LogP contribution in [0.4, 0.5) is 4.79 Å². The standard InChI is InChI=1S/C19H25N4O/c1-4-23(5-2)19(24)21-15-11-14(12-22(3)13-15)16-7-6-8-18-17(16)9-10-20-18/h6-11,15H,4-5,12-13H2,1-3H3,(H,21,24)/t15-/m0/s1. The van der Waals surface area contributed by atoms with Gasteiger partial charge < -0.3 is 10.2 Å². The second-order valence-electron chi connectivity index (χ2n) is 6.30. The Morgan fingerprint density at radius 3 is 2.88 bits per heavy atom. The average Bonchev–Trinajstić information content (AvgIpc) is 3.04. The Morgan fingerprint density at radius 1 is 1.33 bits per heavy atom. The lowest BCUT2D eigenvalue weighted by atomic mass is 9.88. The Kier molecular flexibility index (Phi) is 5.00. The summed E-state index contributed by atoms with van der Waals surface area (Å²) in [7, 11) is 2.09. The number of carbonyl (C=O) groups is 1. The number of likely N-dealkylation sites (N-methyl/N-ethyl adjacent to an activating group) is 1. The fraction of sp³-hybridized carbons (Fsp3) is 0.421. The number of fused-ring (bicyclic) bond motifs is 1. The molecule has 1 radical (unpaired) electrons. The first-order chi connectivity index (χ1) is 11.6. The maximum atomic E-state index is 12.4. The van der Waals surface area contributed by atoms with Gasteiger partial charge >= 0.3 is 6.03 Å². The Labute approximate surface area is 144 Å². The quantitative estimate of drug-likeness (QED) is 0.862. The molecular formula is C19H25N4O. The number of nitrogens with one attached hydrogen (secondary N) is 1. The van der Waals surface area contributed by atoms with Gasteiger partial charge in [0.05, 0.1) is 11.8 Å². The van der Waals surface area contributed by atoms with E-state index in [0.717, 1.165) is 31.9 Å². The van der Waals surface area contributed by atoms with Crippen molar-refractivity contribution in [1.29, 1.82) is 0 Å². The van der Waals surface area contributed by atoms with Crippen LogP contribution in [0.2, 0.25) is 0 Å². The van der Waals surface area contributed by atoms with Gasteiger partial charge in [0, 0.05) is 44.4 Å². The molecule has 2 heterocycles. The molecule has 0 saturated heterocycles. The summed E-state index contributed by atoms with van der Waals surface area (Å²) in [6.07, 6.45) is 12.3. The summed E-state index contributed by atoms with van der Waals surface area (Å²) in [4.78, 5) is 20.8. The predicted octanol–water partition coefficient (Wildman–Crippen LogP) is 2.32. The molecule has 0 saturated carbocycles. The van der Waals surface area contributed by atoms with Crippen molar-refractivity contribution in [2.45, 2.75) is 19.9 Å². The van der Waals surface area contributed by atoms with E-state index in [4.69, 9.17) is 0 Å². The van der Waals surface area contributed by atoms with Crippen LogP contribution in [-0.2, 0) is 0 Å². The molecule has 0 bridgehead atoms. The normalized spacial score (nSPS) is 23.0. The lowest BCUT2D eigenvalue weighted by Crippen LogP contribution is -2.50. The van der Waals surface area contributed by atoms with Crippen molar-refractivity contribution in [3.05, 3.63) is 53.6 Å². The SMILES string of the molecule is CCN(CC)C(=O)N[C@H]1C=C(C2=C3C=CN=C3C=C[CH]2)CN(C)C1. The molecule has 0 fully saturated rings. The van der Waals surface area contributed by atoms with Crippen LogP contribution in [0.25, 0.3) is 0 Å². The van der Waals surface area contributed by atoms with Gasteiger partial charge in [0.2, 0.25) is 0 Å². The third-order valence-corrected chi connectivity index (χ3v) is 4.59. The monoisotopic (exact) mass is 325 g/mol. The van der Waals surface area contributed by atoms with Gasteiger partial charge in [-0.25, -0.2) is 4.79 Å². The maximum Gasteiger partial charge on any atom is 0.317 e. The van der Waals surface area contributed by atoms with Crippen molar-refractivity contribution in [2.75, 3.05) is 33.2 Å². The van der Waals surface area contributed by atoms with Crippen molar-refractivity contribution in [2.24, 2.45) is 4.99 Å². The molecule has 3 aliphatic rings. The molecule has 5 heteroatoms. The zero-order valence-electron chi connectivity index (χ0n) is 14.6. The number of hydrogen-bond acceptors (Lipinski definition) is 3. The molecular weight excluding hydrogens is 300 g/mol. The van der Waals surface area contributed by atoms with Crippen LogP contribution in [0.15, 0.2) is 52.2 Å². The Balaban J connectivity index is 1.81. The molecule has 2 amide bonds. The molecule has 1 atom stereocenters. The number of hydrogen-bond donors (Lipinski definition) is 1. The summed E-state index contributed by atoms with van der Waals surface area (Å²) in [5.41, 5.74) is 4.64. The molecule has 0 aromatic heterocycles. The number of allylic oxidation sites excluding steroid dienone is 4. The van der Waals surface area contributed by atoms with Gasteiger partial charge in [-0.1, -0.05) is 12.2 Å². The molecule has 24 heavy (non-hydrogen) atoms. The number of rotatable bonds is 4. The van der Waals surface area contributed by atoms with E-state index in [1.807, 2.05) is 37.1 Å². The third-order valence-electron chi connectivity index (χ3n) is 4.59. The molecule has 0 aromatic carbocycles. The Bertz CT molecular complexity index is 665. The van der Waals surface area contributed by atoms with Gasteiger partial charge in [-0.15, -0.1) is 0 Å². The number of aliphatic imine (C=N–C) groups is 1. The van der Waals surface area contributed by atoms with Crippen molar-refractivity contribution in [3.63, 3.8) is 0 Å². The second kappa shape index (κ2) is 7.18. The van der Waals surface area contributed by atoms with Gasteiger partial charge in [-0.2, -0.15) is 0 Å². The molecule has 127 valence electrons. The van der Waals surface area contributed by atoms with E-state index in [2.05, 4.69) is 40.8 Å². The lowest BCUT2D eigenvalue weighted by molar-refractivity contribution is 0.197. The molecule has 0 spiro atoms. The Hall–Kier alpha value is -2.14. The highest BCUT2D eigenvalue weighted by atomic mass is 16.2. The van der Waals surface area contributed by atoms with Crippen molar-refractivity contribution in [3.8, 4) is 0 Å². The van der Waals surface area contributed by atoms with Crippen LogP contribution < -0.4 is 5.32 Å². The van der Waals surface area contributed by atoms with E-state index in [-0.39, 0.29) is 12.1 Å². The van der Waals surface area contributed by atoms with Crippen LogP contribution in [0, 0.1) is 6.42 Å². The molecule has 1 N–H and O–H groups in total. The topological polar surface area (TPSA) is 47.9 Å². The van der Waals surface area contributed by atoms with E-state index in [9.17, 15) is 4.79 Å². The van der Waals surface area contributed by atoms with Crippen LogP contribution in [0.1, 0.15) is 13.8 Å². The van der Waals surface area contributed by atoms with Gasteiger partial charge in [-0.3, -0.25) is 9.89 Å². The first-order valence-corrected chi connectivity index (χ1v) is 8.57. The molecule has 0 unspecified atom stereocenters. The highest BCUT2D eigenvalue weighted by Gasteiger charge is 2.25. The highest BCUT2D eigenvalue weighted by Crippen LogP contribution is 2.29. The van der Waals surface area contributed by atoms with Gasteiger partial charge in [0.25, 0.3) is 0 Å². The fourth-order valence-electron chi connectivity index (χ4n) is 3.38. The van der Waals surface area contributed by atoms with Crippen molar-refractivity contribution < 1.29 is 4.79 Å². The van der Waals surface area contributed by atoms with Crippen LogP contribution >= 0.6 is 0 Å². The minimum atomic E-state index is 0.00378. The van der Waals surface area contributed by atoms with Gasteiger partial charge in [0.1, 0.15) is 0 Å². The fourth-order valence-corrected chi connectivity index (χ4v) is 3.38. The molecule has 0 aromatic rings. The van der Waals surface area contributed by atoms with E-state index < -0.39 is 0 Å². The van der Waals surface area contributed by atoms with Crippen LogP contribution in [0.3, 0.4) is 0 Å². The minimum absolute atomic E-state index is 0.00378. The lowest BCUT2D eigenvalue weighted by Gasteiger charge is -2.32. The summed E-state index contributed by atoms with van der Waals surface area (Å²) in [5, 5.41) is 3.15. The number of urea groups is 1. The van der Waals surface area contributed by atoms with E-state index >= 15 is 0 Å². The largest absolute Gasteiger partial charge is 0.330 e. The van der Waals surface area contributed by atoms with E-state index in [0.29, 0.717) is 0 Å². The molecule has 1 aliphatic carbocycles. The highest BCUT2D eigenvalue weighted by molar-refractivity contribution is 6.14. The number of carbonyl (C=O) groups excluding carboxylic acids is 1. The Morgan fingerprint density at radius 2 is 2.12 bits per heavy atom. The van der Waals surface area contributed by atoms with Crippen molar-refractivity contribution >= 4 is 11.7 Å². The zero-order valence-corrected chi connectivity index (χ0v) is 14.6. The maximum absolute atomic E-state index is 12.4. The molecule has 5 nitrogen and oxygen atoms in total. The summed E-state index contributed by atoms with van der Waals surface area (Å²) < 4.78 is 0. The van der Waals surface area contributed by atoms with Gasteiger partial charge in [-0.05, 0) is 44.2 Å². The van der Waals surface area contributed by atoms with Gasteiger partial charge in [0.15, 0.2) is 0 Å². The first-order valence-electron chi connectivity index (χ1n) is 8.57. The summed E-state index contributed by atoms with van der Waals surface area (Å²) in [5.74, 6) is 0. The summed E-state index contributed by atoms with van der Waals surface area (Å²) >= 11 is 0. The predicted molar refractivity (Wildman–Crippen MR) is 97.9 cm³/mol. The number of amides is 2. The molecule has 3 rings (SSSR count). The molecule has 2 aliphatic heterocycles. The first kappa shape index (κ1) is 16.7. The van der Waals surface area contributed by atoms with Crippen LogP contribution in [-0.4, -0.2) is 60.8 Å². The average molecular weight is 325 g/mol. The minimum Gasteiger partial charge on any atom is -0.330 e.